The average Bonchev–Trinajstić information content (AvgIpc) is 3.73. The molecule has 0 spiro atoms. The molecule has 3 heteroatoms. The zero-order valence-corrected chi connectivity index (χ0v) is 24.0. The molecular formula is C40H24N2S. The monoisotopic (exact) mass is 564 g/mol. The fourth-order valence-electron chi connectivity index (χ4n) is 7.43. The van der Waals surface area contributed by atoms with Crippen LogP contribution in [0, 0.1) is 0 Å². The van der Waals surface area contributed by atoms with E-state index in [2.05, 4.69) is 155 Å². The third-order valence-electron chi connectivity index (χ3n) is 9.07. The van der Waals surface area contributed by atoms with Gasteiger partial charge in [-0.15, -0.1) is 11.3 Å². The van der Waals surface area contributed by atoms with Crippen LogP contribution in [-0.2, 0) is 0 Å². The predicted octanol–water partition coefficient (Wildman–Crippen LogP) is 11.4. The summed E-state index contributed by atoms with van der Waals surface area (Å²) >= 11 is 1.89. The summed E-state index contributed by atoms with van der Waals surface area (Å²) in [6, 6.07) is 53.2. The van der Waals surface area contributed by atoms with Gasteiger partial charge in [0.25, 0.3) is 0 Å². The van der Waals surface area contributed by atoms with Gasteiger partial charge in [0.2, 0.25) is 0 Å². The Labute approximate surface area is 251 Å². The Morgan fingerprint density at radius 3 is 1.49 bits per heavy atom. The van der Waals surface area contributed by atoms with E-state index in [0.29, 0.717) is 0 Å². The molecule has 10 rings (SSSR count). The molecule has 0 fully saturated rings. The molecule has 3 heterocycles. The largest absolute Gasteiger partial charge is 0.307 e. The Morgan fingerprint density at radius 2 is 0.837 bits per heavy atom. The number of hydrogen-bond donors (Lipinski definition) is 0. The molecule has 7 aromatic carbocycles. The number of nitrogens with zero attached hydrogens (tertiary/aromatic N) is 2. The minimum Gasteiger partial charge on any atom is -0.307 e. The van der Waals surface area contributed by atoms with E-state index in [1.807, 2.05) is 11.3 Å². The van der Waals surface area contributed by atoms with Crippen molar-refractivity contribution in [3.05, 3.63) is 146 Å². The highest BCUT2D eigenvalue weighted by Crippen LogP contribution is 2.50. The smallest absolute Gasteiger partial charge is 0.0795 e. The first-order valence-corrected chi connectivity index (χ1v) is 15.5. The van der Waals surface area contributed by atoms with Crippen molar-refractivity contribution >= 4 is 85.9 Å². The lowest BCUT2D eigenvalue weighted by atomic mass is 9.95. The van der Waals surface area contributed by atoms with E-state index in [0.717, 1.165) is 0 Å². The Balaban J connectivity index is 1.63. The molecule has 0 bridgehead atoms. The van der Waals surface area contributed by atoms with Crippen LogP contribution in [0.2, 0.25) is 0 Å². The molecule has 0 radical (unpaired) electrons. The van der Waals surface area contributed by atoms with Crippen LogP contribution in [0.4, 0.5) is 0 Å². The van der Waals surface area contributed by atoms with E-state index in [4.69, 9.17) is 0 Å². The zero-order valence-electron chi connectivity index (χ0n) is 23.2. The molecule has 0 atom stereocenters. The van der Waals surface area contributed by atoms with Gasteiger partial charge in [-0.25, -0.2) is 0 Å². The number of rotatable bonds is 2. The molecule has 200 valence electrons. The van der Waals surface area contributed by atoms with E-state index in [-0.39, 0.29) is 0 Å². The summed E-state index contributed by atoms with van der Waals surface area (Å²) in [6.07, 6.45) is 0. The van der Waals surface area contributed by atoms with Gasteiger partial charge in [-0.3, -0.25) is 0 Å². The minimum absolute atomic E-state index is 1.17. The van der Waals surface area contributed by atoms with Crippen molar-refractivity contribution in [1.29, 1.82) is 0 Å². The lowest BCUT2D eigenvalue weighted by Crippen LogP contribution is -1.98. The highest BCUT2D eigenvalue weighted by molar-refractivity contribution is 7.26. The van der Waals surface area contributed by atoms with Crippen molar-refractivity contribution in [3.8, 4) is 11.4 Å². The Bertz CT molecular complexity index is 2710. The van der Waals surface area contributed by atoms with Gasteiger partial charge >= 0.3 is 0 Å². The van der Waals surface area contributed by atoms with E-state index in [9.17, 15) is 0 Å². The lowest BCUT2D eigenvalue weighted by molar-refractivity contribution is 1.15. The topological polar surface area (TPSA) is 9.86 Å². The molecule has 0 unspecified atom stereocenters. The first-order valence-electron chi connectivity index (χ1n) is 14.7. The van der Waals surface area contributed by atoms with Crippen molar-refractivity contribution in [1.82, 2.24) is 9.13 Å². The van der Waals surface area contributed by atoms with Gasteiger partial charge < -0.3 is 9.13 Å². The van der Waals surface area contributed by atoms with Crippen molar-refractivity contribution in [2.75, 3.05) is 0 Å². The molecule has 0 aliphatic carbocycles. The maximum absolute atomic E-state index is 2.50. The van der Waals surface area contributed by atoms with Crippen LogP contribution < -0.4 is 0 Å². The summed E-state index contributed by atoms with van der Waals surface area (Å²) in [4.78, 5) is 0. The van der Waals surface area contributed by atoms with Crippen LogP contribution >= 0.6 is 11.3 Å². The number of benzene rings is 7. The Hall–Kier alpha value is -5.38. The normalized spacial score (nSPS) is 12.2. The second-order valence-electron chi connectivity index (χ2n) is 11.3. The van der Waals surface area contributed by atoms with Crippen molar-refractivity contribution in [2.45, 2.75) is 0 Å². The fraction of sp³-hybridized carbons (Fsp3) is 0. The second kappa shape index (κ2) is 8.57. The molecule has 10 aromatic rings. The fourth-order valence-corrected chi connectivity index (χ4v) is 8.54. The van der Waals surface area contributed by atoms with Gasteiger partial charge in [0, 0.05) is 58.5 Å². The number of para-hydroxylation sites is 4. The van der Waals surface area contributed by atoms with Crippen LogP contribution in [0.15, 0.2) is 146 Å². The molecule has 43 heavy (non-hydrogen) atoms. The van der Waals surface area contributed by atoms with Crippen LogP contribution in [0.3, 0.4) is 0 Å². The summed E-state index contributed by atoms with van der Waals surface area (Å²) in [6.45, 7) is 0. The van der Waals surface area contributed by atoms with Gasteiger partial charge in [-0.2, -0.15) is 0 Å². The zero-order chi connectivity index (χ0) is 28.1. The minimum atomic E-state index is 1.17. The molecule has 2 nitrogen and oxygen atoms in total. The molecule has 0 saturated carbocycles. The number of thiophene rings is 1. The quantitative estimate of drug-likeness (QED) is 0.198. The van der Waals surface area contributed by atoms with Gasteiger partial charge in [0.15, 0.2) is 0 Å². The van der Waals surface area contributed by atoms with Crippen molar-refractivity contribution in [3.63, 3.8) is 0 Å². The van der Waals surface area contributed by atoms with Crippen molar-refractivity contribution < 1.29 is 0 Å². The highest BCUT2D eigenvalue weighted by Gasteiger charge is 2.26. The Kier molecular flexibility index (Phi) is 4.63. The maximum atomic E-state index is 2.50. The van der Waals surface area contributed by atoms with Gasteiger partial charge in [0.1, 0.15) is 0 Å². The lowest BCUT2D eigenvalue weighted by Gasteiger charge is -2.14. The van der Waals surface area contributed by atoms with E-state index in [1.165, 1.54) is 85.9 Å². The number of aromatic nitrogens is 2. The van der Waals surface area contributed by atoms with Crippen LogP contribution in [0.5, 0.6) is 0 Å². The van der Waals surface area contributed by atoms with E-state index >= 15 is 0 Å². The van der Waals surface area contributed by atoms with Crippen molar-refractivity contribution in [2.24, 2.45) is 0 Å². The molecule has 0 aliphatic rings. The van der Waals surface area contributed by atoms with Gasteiger partial charge in [-0.1, -0.05) is 97.1 Å². The summed E-state index contributed by atoms with van der Waals surface area (Å²) in [5.41, 5.74) is 7.27. The Morgan fingerprint density at radius 1 is 0.326 bits per heavy atom. The molecule has 0 saturated heterocycles. The summed E-state index contributed by atoms with van der Waals surface area (Å²) < 4.78 is 7.65. The summed E-state index contributed by atoms with van der Waals surface area (Å²) in [5, 5.41) is 10.5. The van der Waals surface area contributed by atoms with Gasteiger partial charge in [0.05, 0.1) is 22.1 Å². The average molecular weight is 565 g/mol. The summed E-state index contributed by atoms with van der Waals surface area (Å²) in [5.74, 6) is 0. The second-order valence-corrected chi connectivity index (χ2v) is 12.4. The summed E-state index contributed by atoms with van der Waals surface area (Å²) in [7, 11) is 0. The van der Waals surface area contributed by atoms with Crippen LogP contribution in [0.25, 0.3) is 85.9 Å². The number of fused-ring (bicyclic) bond motifs is 14. The molecule has 0 N–H and O–H groups in total. The first kappa shape index (κ1) is 23.2. The molecule has 0 aliphatic heterocycles. The van der Waals surface area contributed by atoms with E-state index in [1.54, 1.807) is 0 Å². The standard InChI is InChI=1S/C40H24N2S/c1-3-13-25(14-4-1)41-31-20-10-7-17-27(31)35-30-23-24-34-36(29-19-9-12-22-33(29)43-34)37(30)38-28-18-8-11-21-32(28)42(40(38)39(35)41)26-15-5-2-6-16-26/h1-24H. The molecule has 0 amide bonds. The highest BCUT2D eigenvalue weighted by atomic mass is 32.1. The number of hydrogen-bond acceptors (Lipinski definition) is 1. The van der Waals surface area contributed by atoms with Gasteiger partial charge in [-0.05, 0) is 53.9 Å². The van der Waals surface area contributed by atoms with E-state index < -0.39 is 0 Å². The third kappa shape index (κ3) is 3.02. The molecular weight excluding hydrogens is 541 g/mol. The third-order valence-corrected chi connectivity index (χ3v) is 10.2. The first-order chi connectivity index (χ1) is 21.4. The molecule has 3 aromatic heterocycles. The van der Waals surface area contributed by atoms with Crippen LogP contribution in [-0.4, -0.2) is 9.13 Å². The van der Waals surface area contributed by atoms with Crippen LogP contribution in [0.1, 0.15) is 0 Å². The SMILES string of the molecule is c1ccc(-n2c3ccccc3c3c4ccc5sc6ccccc6c5c4c4c5ccccc5n(-c5ccccc5)c4c32)cc1. The maximum Gasteiger partial charge on any atom is 0.0795 e. The predicted molar refractivity (Wildman–Crippen MR) is 186 cm³/mol.